The molecule has 0 aromatic carbocycles. The Balaban J connectivity index is 1.92. The molecule has 1 fully saturated rings. The zero-order chi connectivity index (χ0) is 13.5. The number of nitrogens with zero attached hydrogens (tertiary/aromatic N) is 2. The van der Waals surface area contributed by atoms with Gasteiger partial charge in [-0.05, 0) is 19.9 Å². The van der Waals surface area contributed by atoms with Crippen molar-refractivity contribution in [3.63, 3.8) is 0 Å². The average Bonchev–Trinajstić information content (AvgIpc) is 3.07. The number of aromatic nitrogens is 2. The highest BCUT2D eigenvalue weighted by atomic mass is 16.7. The smallest absolute Gasteiger partial charge is 0.159 e. The van der Waals surface area contributed by atoms with E-state index in [0.29, 0.717) is 6.04 Å². The van der Waals surface area contributed by atoms with Crippen LogP contribution in [0.1, 0.15) is 32.5 Å². The van der Waals surface area contributed by atoms with Gasteiger partial charge in [-0.15, -0.1) is 0 Å². The fourth-order valence-corrected chi connectivity index (χ4v) is 2.40. The Bertz CT molecular complexity index is 361. The quantitative estimate of drug-likeness (QED) is 0.777. The van der Waals surface area contributed by atoms with Crippen LogP contribution < -0.4 is 5.32 Å². The number of hydrogen-bond acceptors (Lipinski definition) is 4. The summed E-state index contributed by atoms with van der Waals surface area (Å²) in [5.41, 5.74) is 0. The van der Waals surface area contributed by atoms with Crippen LogP contribution in [0.15, 0.2) is 12.4 Å². The van der Waals surface area contributed by atoms with E-state index in [2.05, 4.69) is 28.7 Å². The fraction of sp³-hybridized carbons (Fsp3) is 0.786. The van der Waals surface area contributed by atoms with E-state index >= 15 is 0 Å². The molecule has 2 rings (SSSR count). The maximum absolute atomic E-state index is 5.55. The van der Waals surface area contributed by atoms with Gasteiger partial charge in [0.2, 0.25) is 0 Å². The van der Waals surface area contributed by atoms with Crippen molar-refractivity contribution in [2.45, 2.75) is 52.0 Å². The highest BCUT2D eigenvalue weighted by Gasteiger charge is 2.22. The molecule has 1 aliphatic rings. The summed E-state index contributed by atoms with van der Waals surface area (Å²) < 4.78 is 13.3. The first kappa shape index (κ1) is 14.5. The monoisotopic (exact) mass is 267 g/mol. The van der Waals surface area contributed by atoms with E-state index < -0.39 is 0 Å². The van der Waals surface area contributed by atoms with Gasteiger partial charge in [0.05, 0.1) is 13.2 Å². The molecular formula is C14H25N3O2. The van der Waals surface area contributed by atoms with Crippen molar-refractivity contribution in [3.05, 3.63) is 18.2 Å². The van der Waals surface area contributed by atoms with E-state index in [-0.39, 0.29) is 6.29 Å². The normalized spacial score (nSPS) is 18.0. The molecule has 108 valence electrons. The number of nitrogens with one attached hydrogen (secondary N) is 1. The number of hydrogen-bond donors (Lipinski definition) is 1. The molecule has 1 unspecified atom stereocenters. The van der Waals surface area contributed by atoms with Crippen molar-refractivity contribution in [1.29, 1.82) is 0 Å². The largest absolute Gasteiger partial charge is 0.350 e. The van der Waals surface area contributed by atoms with E-state index in [1.165, 1.54) is 0 Å². The lowest BCUT2D eigenvalue weighted by Gasteiger charge is -2.21. The van der Waals surface area contributed by atoms with Crippen molar-refractivity contribution in [2.24, 2.45) is 0 Å². The summed E-state index contributed by atoms with van der Waals surface area (Å²) in [5, 5.41) is 3.57. The van der Waals surface area contributed by atoms with Gasteiger partial charge in [0.1, 0.15) is 5.82 Å². The van der Waals surface area contributed by atoms with Gasteiger partial charge in [0.25, 0.3) is 0 Å². The van der Waals surface area contributed by atoms with Crippen LogP contribution >= 0.6 is 0 Å². The van der Waals surface area contributed by atoms with E-state index in [1.807, 2.05) is 12.4 Å². The Labute approximate surface area is 115 Å². The second-order valence-electron chi connectivity index (χ2n) is 4.89. The average molecular weight is 267 g/mol. The van der Waals surface area contributed by atoms with E-state index in [0.717, 1.165) is 51.4 Å². The summed E-state index contributed by atoms with van der Waals surface area (Å²) in [6.07, 6.45) is 6.79. The molecule has 2 heterocycles. The van der Waals surface area contributed by atoms with E-state index in [9.17, 15) is 0 Å². The van der Waals surface area contributed by atoms with Gasteiger partial charge in [-0.3, -0.25) is 0 Å². The molecule has 1 atom stereocenters. The van der Waals surface area contributed by atoms with E-state index in [4.69, 9.17) is 9.47 Å². The first-order valence-electron chi connectivity index (χ1n) is 7.30. The minimum atomic E-state index is -0.0561. The van der Waals surface area contributed by atoms with Crippen LogP contribution in [0.5, 0.6) is 0 Å². The first-order valence-corrected chi connectivity index (χ1v) is 7.30. The standard InChI is InChI=1S/C14H25N3O2/c1-3-5-15-12(11-14-18-8-9-19-14)10-13-16-6-7-17(13)4-2/h6-7,12,14-15H,3-5,8-11H2,1-2H3. The zero-order valence-electron chi connectivity index (χ0n) is 12.0. The van der Waals surface area contributed by atoms with E-state index in [1.54, 1.807) is 0 Å². The third-order valence-electron chi connectivity index (χ3n) is 3.42. The topological polar surface area (TPSA) is 48.3 Å². The number of aryl methyl sites for hydroxylation is 1. The van der Waals surface area contributed by atoms with Gasteiger partial charge in [0.15, 0.2) is 6.29 Å². The lowest BCUT2D eigenvalue weighted by atomic mass is 10.1. The molecule has 0 amide bonds. The second kappa shape index (κ2) is 7.62. The minimum Gasteiger partial charge on any atom is -0.350 e. The fourth-order valence-electron chi connectivity index (χ4n) is 2.40. The summed E-state index contributed by atoms with van der Waals surface area (Å²) in [6.45, 7) is 7.74. The molecular weight excluding hydrogens is 242 g/mol. The van der Waals surface area contributed by atoms with Gasteiger partial charge >= 0.3 is 0 Å². The lowest BCUT2D eigenvalue weighted by molar-refractivity contribution is -0.0527. The number of ether oxygens (including phenoxy) is 2. The van der Waals surface area contributed by atoms with Crippen LogP contribution in [0.3, 0.4) is 0 Å². The van der Waals surface area contributed by atoms with Crippen LogP contribution in [0.2, 0.25) is 0 Å². The molecule has 1 saturated heterocycles. The van der Waals surface area contributed by atoms with Crippen molar-refractivity contribution in [1.82, 2.24) is 14.9 Å². The predicted octanol–water partition coefficient (Wildman–Crippen LogP) is 1.58. The van der Waals surface area contributed by atoms with Gasteiger partial charge in [-0.1, -0.05) is 6.92 Å². The summed E-state index contributed by atoms with van der Waals surface area (Å²) in [5.74, 6) is 1.13. The minimum absolute atomic E-state index is 0.0561. The molecule has 0 radical (unpaired) electrons. The van der Waals surface area contributed by atoms with Crippen molar-refractivity contribution >= 4 is 0 Å². The van der Waals surface area contributed by atoms with Gasteiger partial charge in [-0.25, -0.2) is 4.98 Å². The predicted molar refractivity (Wildman–Crippen MR) is 74.0 cm³/mol. The third-order valence-corrected chi connectivity index (χ3v) is 3.42. The second-order valence-corrected chi connectivity index (χ2v) is 4.89. The molecule has 0 bridgehead atoms. The Morgan fingerprint density at radius 2 is 2.21 bits per heavy atom. The van der Waals surface area contributed by atoms with Gasteiger partial charge < -0.3 is 19.4 Å². The Morgan fingerprint density at radius 3 is 2.89 bits per heavy atom. The molecule has 0 spiro atoms. The van der Waals surface area contributed by atoms with Crippen LogP contribution in [0.4, 0.5) is 0 Å². The lowest BCUT2D eigenvalue weighted by Crippen LogP contribution is -2.36. The van der Waals surface area contributed by atoms with Crippen molar-refractivity contribution in [3.8, 4) is 0 Å². The van der Waals surface area contributed by atoms with Crippen LogP contribution in [-0.4, -0.2) is 41.6 Å². The summed E-state index contributed by atoms with van der Waals surface area (Å²) in [6, 6.07) is 0.357. The molecule has 5 heteroatoms. The molecule has 1 aromatic rings. The molecule has 1 aromatic heterocycles. The summed E-state index contributed by atoms with van der Waals surface area (Å²) >= 11 is 0. The van der Waals surface area contributed by atoms with Crippen LogP contribution in [0, 0.1) is 0 Å². The third kappa shape index (κ3) is 4.30. The first-order chi connectivity index (χ1) is 9.33. The Morgan fingerprint density at radius 1 is 1.42 bits per heavy atom. The molecule has 0 saturated carbocycles. The Kier molecular flexibility index (Phi) is 5.82. The van der Waals surface area contributed by atoms with Crippen LogP contribution in [-0.2, 0) is 22.4 Å². The van der Waals surface area contributed by atoms with Gasteiger partial charge in [0, 0.05) is 37.8 Å². The Hall–Kier alpha value is -0.910. The molecule has 19 heavy (non-hydrogen) atoms. The zero-order valence-corrected chi connectivity index (χ0v) is 12.0. The maximum atomic E-state index is 5.55. The summed E-state index contributed by atoms with van der Waals surface area (Å²) in [7, 11) is 0. The molecule has 1 aliphatic heterocycles. The number of rotatable bonds is 8. The molecule has 0 aliphatic carbocycles. The van der Waals surface area contributed by atoms with Crippen molar-refractivity contribution in [2.75, 3.05) is 19.8 Å². The summed E-state index contributed by atoms with van der Waals surface area (Å²) in [4.78, 5) is 4.45. The highest BCUT2D eigenvalue weighted by molar-refractivity contribution is 4.95. The van der Waals surface area contributed by atoms with Gasteiger partial charge in [-0.2, -0.15) is 0 Å². The maximum Gasteiger partial charge on any atom is 0.159 e. The highest BCUT2D eigenvalue weighted by Crippen LogP contribution is 2.13. The molecule has 5 nitrogen and oxygen atoms in total. The number of imidazole rings is 1. The van der Waals surface area contributed by atoms with Crippen LogP contribution in [0.25, 0.3) is 0 Å². The SMILES string of the molecule is CCCNC(Cc1nccn1CC)CC1OCCO1. The van der Waals surface area contributed by atoms with Crippen molar-refractivity contribution < 1.29 is 9.47 Å². The molecule has 1 N–H and O–H groups in total.